The maximum Gasteiger partial charge on any atom is 0.314 e. The molecule has 0 aliphatic carbocycles. The maximum atomic E-state index is 11.7. The zero-order valence-corrected chi connectivity index (χ0v) is 14.7. The van der Waals surface area contributed by atoms with Gasteiger partial charge in [-0.15, -0.1) is 0 Å². The predicted octanol–water partition coefficient (Wildman–Crippen LogP) is 1.13. The quantitative estimate of drug-likeness (QED) is 0.657. The van der Waals surface area contributed by atoms with Crippen LogP contribution in [0, 0.1) is 5.92 Å². The number of carbonyl (C=O) groups excluding carboxylic acids is 1. The molecule has 2 fully saturated rings. The van der Waals surface area contributed by atoms with E-state index in [1.54, 1.807) is 0 Å². The van der Waals surface area contributed by atoms with Gasteiger partial charge in [0.05, 0.1) is 13.2 Å². The second kappa shape index (κ2) is 10.8. The van der Waals surface area contributed by atoms with E-state index in [-0.39, 0.29) is 6.03 Å². The van der Waals surface area contributed by atoms with E-state index in [0.717, 1.165) is 71.2 Å². The molecule has 0 saturated carbocycles. The smallest absolute Gasteiger partial charge is 0.314 e. The van der Waals surface area contributed by atoms with Gasteiger partial charge in [0.25, 0.3) is 0 Å². The molecule has 0 spiro atoms. The number of likely N-dealkylation sites (tertiary alicyclic amines) is 1. The molecule has 2 heterocycles. The molecule has 0 bridgehead atoms. The summed E-state index contributed by atoms with van der Waals surface area (Å²) >= 11 is 0. The van der Waals surface area contributed by atoms with Gasteiger partial charge in [0.15, 0.2) is 0 Å². The van der Waals surface area contributed by atoms with Crippen LogP contribution in [0.2, 0.25) is 0 Å². The molecule has 2 rings (SSSR count). The van der Waals surface area contributed by atoms with Crippen LogP contribution in [0.5, 0.6) is 0 Å². The Morgan fingerprint density at radius 3 is 2.04 bits per heavy atom. The third kappa shape index (κ3) is 7.99. The monoisotopic (exact) mass is 326 g/mol. The van der Waals surface area contributed by atoms with Crippen LogP contribution in [0.1, 0.15) is 32.6 Å². The summed E-state index contributed by atoms with van der Waals surface area (Å²) < 4.78 is 5.32. The molecular formula is C17H34N4O2. The average molecular weight is 326 g/mol. The molecule has 134 valence electrons. The summed E-state index contributed by atoms with van der Waals surface area (Å²) in [6.45, 7) is 12.1. The molecule has 0 radical (unpaired) electrons. The van der Waals surface area contributed by atoms with E-state index in [1.807, 2.05) is 0 Å². The number of piperidine rings is 1. The van der Waals surface area contributed by atoms with E-state index in [2.05, 4.69) is 27.4 Å². The third-order valence-corrected chi connectivity index (χ3v) is 4.85. The maximum absolute atomic E-state index is 11.7. The summed E-state index contributed by atoms with van der Waals surface area (Å²) in [6, 6.07) is -0.0285. The third-order valence-electron chi connectivity index (χ3n) is 4.85. The van der Waals surface area contributed by atoms with Crippen molar-refractivity contribution in [3.63, 3.8) is 0 Å². The summed E-state index contributed by atoms with van der Waals surface area (Å²) in [5.74, 6) is 0.882. The SMILES string of the molecule is CC1CCN(CCCNC(=O)NCCCN2CCOCC2)CC1. The largest absolute Gasteiger partial charge is 0.379 e. The summed E-state index contributed by atoms with van der Waals surface area (Å²) in [5, 5.41) is 5.90. The molecule has 2 aliphatic rings. The van der Waals surface area contributed by atoms with Crippen LogP contribution in [0.3, 0.4) is 0 Å². The second-order valence-electron chi connectivity index (χ2n) is 6.87. The molecule has 2 aliphatic heterocycles. The van der Waals surface area contributed by atoms with Gasteiger partial charge in [-0.1, -0.05) is 6.92 Å². The van der Waals surface area contributed by atoms with Crippen LogP contribution in [0.25, 0.3) is 0 Å². The van der Waals surface area contributed by atoms with Gasteiger partial charge >= 0.3 is 6.03 Å². The summed E-state index contributed by atoms with van der Waals surface area (Å²) in [4.78, 5) is 16.6. The van der Waals surface area contributed by atoms with Crippen LogP contribution >= 0.6 is 0 Å². The lowest BCUT2D eigenvalue weighted by atomic mass is 9.99. The molecule has 2 saturated heterocycles. The fourth-order valence-corrected chi connectivity index (χ4v) is 3.18. The first kappa shape index (κ1) is 18.5. The zero-order chi connectivity index (χ0) is 16.3. The minimum Gasteiger partial charge on any atom is -0.379 e. The number of morpholine rings is 1. The van der Waals surface area contributed by atoms with Crippen molar-refractivity contribution in [3.05, 3.63) is 0 Å². The van der Waals surface area contributed by atoms with Gasteiger partial charge < -0.3 is 20.3 Å². The zero-order valence-electron chi connectivity index (χ0n) is 14.7. The van der Waals surface area contributed by atoms with E-state index in [9.17, 15) is 4.79 Å². The van der Waals surface area contributed by atoms with Gasteiger partial charge in [-0.3, -0.25) is 4.90 Å². The Balaban J connectivity index is 1.39. The number of hydrogen-bond acceptors (Lipinski definition) is 4. The van der Waals surface area contributed by atoms with Gasteiger partial charge in [-0.25, -0.2) is 4.79 Å². The Morgan fingerprint density at radius 1 is 0.957 bits per heavy atom. The summed E-state index contributed by atoms with van der Waals surface area (Å²) in [5.41, 5.74) is 0. The average Bonchev–Trinajstić information content (AvgIpc) is 2.58. The van der Waals surface area contributed by atoms with E-state index in [4.69, 9.17) is 4.74 Å². The van der Waals surface area contributed by atoms with Crippen molar-refractivity contribution in [1.82, 2.24) is 20.4 Å². The molecular weight excluding hydrogens is 292 g/mol. The Hall–Kier alpha value is -0.850. The van der Waals surface area contributed by atoms with Gasteiger partial charge in [0.1, 0.15) is 0 Å². The predicted molar refractivity (Wildman–Crippen MR) is 92.7 cm³/mol. The van der Waals surface area contributed by atoms with Gasteiger partial charge in [0, 0.05) is 26.2 Å². The highest BCUT2D eigenvalue weighted by atomic mass is 16.5. The number of nitrogens with zero attached hydrogens (tertiary/aromatic N) is 2. The second-order valence-corrected chi connectivity index (χ2v) is 6.87. The minimum atomic E-state index is -0.0285. The molecule has 0 atom stereocenters. The first-order chi connectivity index (χ1) is 11.2. The molecule has 0 aromatic carbocycles. The van der Waals surface area contributed by atoms with Crippen molar-refractivity contribution in [2.75, 3.05) is 65.6 Å². The van der Waals surface area contributed by atoms with Crippen molar-refractivity contribution in [2.24, 2.45) is 5.92 Å². The minimum absolute atomic E-state index is 0.0285. The van der Waals surface area contributed by atoms with Gasteiger partial charge in [0.2, 0.25) is 0 Å². The van der Waals surface area contributed by atoms with E-state index >= 15 is 0 Å². The molecule has 6 heteroatoms. The Labute approximate surface area is 140 Å². The first-order valence-corrected chi connectivity index (χ1v) is 9.28. The number of hydrogen-bond donors (Lipinski definition) is 2. The van der Waals surface area contributed by atoms with Crippen molar-refractivity contribution < 1.29 is 9.53 Å². The molecule has 6 nitrogen and oxygen atoms in total. The highest BCUT2D eigenvalue weighted by Gasteiger charge is 2.14. The molecule has 0 aromatic heterocycles. The number of rotatable bonds is 8. The molecule has 0 unspecified atom stereocenters. The number of urea groups is 1. The van der Waals surface area contributed by atoms with Crippen LogP contribution < -0.4 is 10.6 Å². The van der Waals surface area contributed by atoms with Crippen molar-refractivity contribution in [3.8, 4) is 0 Å². The summed E-state index contributed by atoms with van der Waals surface area (Å²) in [7, 11) is 0. The van der Waals surface area contributed by atoms with Gasteiger partial charge in [-0.05, 0) is 57.8 Å². The van der Waals surface area contributed by atoms with Crippen LogP contribution in [0.15, 0.2) is 0 Å². The van der Waals surface area contributed by atoms with E-state index < -0.39 is 0 Å². The number of nitrogens with one attached hydrogen (secondary N) is 2. The Bertz CT molecular complexity index is 327. The first-order valence-electron chi connectivity index (χ1n) is 9.28. The normalized spacial score (nSPS) is 21.3. The fraction of sp³-hybridized carbons (Fsp3) is 0.941. The Morgan fingerprint density at radius 2 is 1.48 bits per heavy atom. The summed E-state index contributed by atoms with van der Waals surface area (Å²) in [6.07, 6.45) is 4.67. The standard InChI is InChI=1S/C17H34N4O2/c1-16-4-10-20(11-5-16)8-2-6-18-17(22)19-7-3-9-21-12-14-23-15-13-21/h16H,2-15H2,1H3,(H2,18,19,22). The van der Waals surface area contributed by atoms with Crippen LogP contribution in [0.4, 0.5) is 4.79 Å². The number of ether oxygens (including phenoxy) is 1. The van der Waals surface area contributed by atoms with Crippen LogP contribution in [-0.4, -0.2) is 81.4 Å². The molecule has 2 amide bonds. The Kier molecular flexibility index (Phi) is 8.71. The molecule has 0 aromatic rings. The van der Waals surface area contributed by atoms with E-state index in [1.165, 1.54) is 25.9 Å². The van der Waals surface area contributed by atoms with Crippen LogP contribution in [-0.2, 0) is 4.74 Å². The highest BCUT2D eigenvalue weighted by molar-refractivity contribution is 5.73. The number of carbonyl (C=O) groups is 1. The molecule has 23 heavy (non-hydrogen) atoms. The van der Waals surface area contributed by atoms with Crippen molar-refractivity contribution >= 4 is 6.03 Å². The lowest BCUT2D eigenvalue weighted by Gasteiger charge is -2.30. The topological polar surface area (TPSA) is 56.8 Å². The fourth-order valence-electron chi connectivity index (χ4n) is 3.18. The van der Waals surface area contributed by atoms with Crippen molar-refractivity contribution in [1.29, 1.82) is 0 Å². The highest BCUT2D eigenvalue weighted by Crippen LogP contribution is 2.15. The lowest BCUT2D eigenvalue weighted by Crippen LogP contribution is -2.40. The van der Waals surface area contributed by atoms with E-state index in [0.29, 0.717) is 0 Å². The van der Waals surface area contributed by atoms with Crippen molar-refractivity contribution in [2.45, 2.75) is 32.6 Å². The number of amides is 2. The molecule has 2 N–H and O–H groups in total. The van der Waals surface area contributed by atoms with Gasteiger partial charge in [-0.2, -0.15) is 0 Å². The lowest BCUT2D eigenvalue weighted by molar-refractivity contribution is 0.0375.